The van der Waals surface area contributed by atoms with Crippen molar-refractivity contribution in [1.29, 1.82) is 0 Å². The average Bonchev–Trinajstić information content (AvgIpc) is 3.27. The molecule has 0 radical (unpaired) electrons. The molecule has 4 rings (SSSR count). The van der Waals surface area contributed by atoms with E-state index in [-0.39, 0.29) is 18.0 Å². The first kappa shape index (κ1) is 19.1. The number of ether oxygens (including phenoxy) is 1. The van der Waals surface area contributed by atoms with Gasteiger partial charge in [-0.25, -0.2) is 16.3 Å². The number of hydrogen-bond donors (Lipinski definition) is 3. The van der Waals surface area contributed by atoms with Gasteiger partial charge in [0, 0.05) is 11.6 Å². The number of rotatable bonds is 5. The third-order valence-electron chi connectivity index (χ3n) is 5.25. The van der Waals surface area contributed by atoms with Crippen LogP contribution >= 0.6 is 0 Å². The third-order valence-corrected chi connectivity index (χ3v) is 5.25. The minimum Gasteiger partial charge on any atom is -0.497 e. The van der Waals surface area contributed by atoms with Crippen molar-refractivity contribution >= 4 is 22.4 Å². The van der Waals surface area contributed by atoms with Crippen molar-refractivity contribution in [3.8, 4) is 5.75 Å². The quantitative estimate of drug-likeness (QED) is 0.463. The predicted octanol–water partition coefficient (Wildman–Crippen LogP) is 3.30. The Balaban J connectivity index is 1.41. The Hall–Kier alpha value is -3.22. The second-order valence-electron chi connectivity index (χ2n) is 7.10. The van der Waals surface area contributed by atoms with E-state index in [9.17, 15) is 4.79 Å². The Kier molecular flexibility index (Phi) is 5.55. The molecule has 3 N–H and O–H groups in total. The van der Waals surface area contributed by atoms with Crippen LogP contribution in [0, 0.1) is 0 Å². The summed E-state index contributed by atoms with van der Waals surface area (Å²) >= 11 is 0. The van der Waals surface area contributed by atoms with Crippen molar-refractivity contribution in [2.45, 2.75) is 25.4 Å². The Morgan fingerprint density at radius 2 is 1.79 bits per heavy atom. The zero-order chi connectivity index (χ0) is 20.2. The lowest BCUT2D eigenvalue weighted by Gasteiger charge is -2.10. The summed E-state index contributed by atoms with van der Waals surface area (Å²) in [7, 11) is 1.64. The van der Waals surface area contributed by atoms with Gasteiger partial charge in [-0.2, -0.15) is 5.10 Å². The maximum atomic E-state index is 12.6. The van der Waals surface area contributed by atoms with E-state index in [4.69, 9.17) is 4.74 Å². The van der Waals surface area contributed by atoms with E-state index in [2.05, 4.69) is 39.6 Å². The van der Waals surface area contributed by atoms with Gasteiger partial charge in [0.2, 0.25) is 0 Å². The average molecular weight is 388 g/mol. The van der Waals surface area contributed by atoms with Crippen LogP contribution in [0.2, 0.25) is 0 Å². The normalized spacial score (nSPS) is 19.3. The summed E-state index contributed by atoms with van der Waals surface area (Å²) in [6.07, 6.45) is 0.640. The Bertz CT molecular complexity index is 1040. The molecule has 1 fully saturated rings. The van der Waals surface area contributed by atoms with Gasteiger partial charge in [-0.15, -0.1) is 0 Å². The summed E-state index contributed by atoms with van der Waals surface area (Å²) in [5, 5.41) is 6.61. The van der Waals surface area contributed by atoms with Gasteiger partial charge in [-0.3, -0.25) is 4.79 Å². The first-order valence-electron chi connectivity index (χ1n) is 9.63. The number of carbonyl (C=O) groups excluding carboxylic acids is 1. The van der Waals surface area contributed by atoms with Crippen LogP contribution < -0.4 is 21.0 Å². The van der Waals surface area contributed by atoms with Crippen LogP contribution in [-0.4, -0.2) is 24.8 Å². The summed E-state index contributed by atoms with van der Waals surface area (Å²) in [4.78, 5) is 12.6. The van der Waals surface area contributed by atoms with Gasteiger partial charge in [0.05, 0.1) is 12.8 Å². The molecule has 1 heterocycles. The van der Waals surface area contributed by atoms with Crippen LogP contribution in [0.15, 0.2) is 71.8 Å². The standard InChI is InChI=1S/C23H24N4O2/c1-15(19-9-5-7-16-6-3-4-8-20(16)19)24-27-23(28)22-14-21(25-26-22)17-10-12-18(29-2)13-11-17/h3-13,21-22,25-26H,14H2,1-2H3,(H,27,28)/b24-15-. The Morgan fingerprint density at radius 3 is 2.59 bits per heavy atom. The molecule has 3 aromatic rings. The molecule has 29 heavy (non-hydrogen) atoms. The molecule has 0 saturated carbocycles. The highest BCUT2D eigenvalue weighted by Gasteiger charge is 2.30. The molecule has 0 spiro atoms. The lowest BCUT2D eigenvalue weighted by atomic mass is 10.0. The lowest BCUT2D eigenvalue weighted by Crippen LogP contribution is -2.41. The largest absolute Gasteiger partial charge is 0.497 e. The Labute approximate surface area is 169 Å². The number of nitrogens with zero attached hydrogens (tertiary/aromatic N) is 1. The SMILES string of the molecule is COc1ccc(C2CC(C(=O)N/N=C(/C)c3cccc4ccccc34)NN2)cc1. The molecule has 2 unspecified atom stereocenters. The van der Waals surface area contributed by atoms with Crippen LogP contribution in [0.1, 0.15) is 30.5 Å². The van der Waals surface area contributed by atoms with Crippen LogP contribution in [0.3, 0.4) is 0 Å². The number of methoxy groups -OCH3 is 1. The summed E-state index contributed by atoms with van der Waals surface area (Å²) in [5.74, 6) is 0.653. The van der Waals surface area contributed by atoms with E-state index in [0.29, 0.717) is 6.42 Å². The van der Waals surface area contributed by atoms with E-state index >= 15 is 0 Å². The smallest absolute Gasteiger partial charge is 0.258 e. The van der Waals surface area contributed by atoms with Gasteiger partial charge >= 0.3 is 0 Å². The van der Waals surface area contributed by atoms with Crippen LogP contribution in [0.25, 0.3) is 10.8 Å². The van der Waals surface area contributed by atoms with Crippen molar-refractivity contribution in [3.63, 3.8) is 0 Å². The molecule has 0 aliphatic carbocycles. The second kappa shape index (κ2) is 8.43. The number of hydrazine groups is 1. The van der Waals surface area contributed by atoms with Gasteiger partial charge in [-0.05, 0) is 41.8 Å². The second-order valence-corrected chi connectivity index (χ2v) is 7.10. The number of amides is 1. The molecule has 2 atom stereocenters. The molecule has 3 aromatic carbocycles. The zero-order valence-electron chi connectivity index (χ0n) is 16.5. The van der Waals surface area contributed by atoms with E-state index < -0.39 is 0 Å². The van der Waals surface area contributed by atoms with Crippen LogP contribution in [0.5, 0.6) is 5.75 Å². The predicted molar refractivity (Wildman–Crippen MR) is 115 cm³/mol. The molecule has 0 bridgehead atoms. The molecule has 6 heteroatoms. The van der Waals surface area contributed by atoms with Crippen LogP contribution in [-0.2, 0) is 4.79 Å². The minimum atomic E-state index is -0.355. The van der Waals surface area contributed by atoms with Crippen molar-refractivity contribution in [2.75, 3.05) is 7.11 Å². The summed E-state index contributed by atoms with van der Waals surface area (Å²) < 4.78 is 5.19. The van der Waals surface area contributed by atoms with Gasteiger partial charge in [0.25, 0.3) is 5.91 Å². The summed E-state index contributed by atoms with van der Waals surface area (Å²) in [6.45, 7) is 1.91. The van der Waals surface area contributed by atoms with Gasteiger partial charge in [-0.1, -0.05) is 54.6 Å². The maximum Gasteiger partial charge on any atom is 0.258 e. The Morgan fingerprint density at radius 1 is 1.03 bits per heavy atom. The van der Waals surface area contributed by atoms with Crippen LogP contribution in [0.4, 0.5) is 0 Å². The van der Waals surface area contributed by atoms with Crippen molar-refractivity contribution < 1.29 is 9.53 Å². The first-order chi connectivity index (χ1) is 14.2. The molecule has 1 amide bonds. The highest BCUT2D eigenvalue weighted by Crippen LogP contribution is 2.24. The fourth-order valence-electron chi connectivity index (χ4n) is 3.60. The zero-order valence-corrected chi connectivity index (χ0v) is 16.5. The maximum absolute atomic E-state index is 12.6. The number of nitrogens with one attached hydrogen (secondary N) is 3. The number of benzene rings is 3. The summed E-state index contributed by atoms with van der Waals surface area (Å²) in [5.41, 5.74) is 11.8. The monoisotopic (exact) mass is 388 g/mol. The van der Waals surface area contributed by atoms with Gasteiger partial charge in [0.1, 0.15) is 11.8 Å². The van der Waals surface area contributed by atoms with Gasteiger partial charge in [0.15, 0.2) is 0 Å². The van der Waals surface area contributed by atoms with Gasteiger partial charge < -0.3 is 4.74 Å². The van der Waals surface area contributed by atoms with E-state index in [1.165, 1.54) is 0 Å². The molecular weight excluding hydrogens is 364 g/mol. The number of hydrazone groups is 1. The first-order valence-corrected chi connectivity index (χ1v) is 9.63. The number of hydrogen-bond acceptors (Lipinski definition) is 5. The number of fused-ring (bicyclic) bond motifs is 1. The molecule has 1 aliphatic heterocycles. The highest BCUT2D eigenvalue weighted by molar-refractivity contribution is 6.10. The molecule has 1 saturated heterocycles. The third kappa shape index (κ3) is 4.13. The fourth-order valence-corrected chi connectivity index (χ4v) is 3.60. The van der Waals surface area contributed by atoms with E-state index in [1.807, 2.05) is 55.5 Å². The fraction of sp³-hybridized carbons (Fsp3) is 0.217. The molecular formula is C23H24N4O2. The molecule has 6 nitrogen and oxygen atoms in total. The molecule has 1 aliphatic rings. The van der Waals surface area contributed by atoms with Crippen molar-refractivity contribution in [1.82, 2.24) is 16.3 Å². The van der Waals surface area contributed by atoms with E-state index in [1.54, 1.807) is 7.11 Å². The highest BCUT2D eigenvalue weighted by atomic mass is 16.5. The lowest BCUT2D eigenvalue weighted by molar-refractivity contribution is -0.122. The van der Waals surface area contributed by atoms with E-state index in [0.717, 1.165) is 33.4 Å². The molecule has 148 valence electrons. The van der Waals surface area contributed by atoms with Crippen molar-refractivity contribution in [3.05, 3.63) is 77.9 Å². The topological polar surface area (TPSA) is 74.8 Å². The minimum absolute atomic E-state index is 0.0554. The summed E-state index contributed by atoms with van der Waals surface area (Å²) in [6, 6.07) is 21.8. The number of carbonyl (C=O) groups is 1. The van der Waals surface area contributed by atoms with Crippen molar-refractivity contribution in [2.24, 2.45) is 5.10 Å². The molecule has 0 aromatic heterocycles.